The van der Waals surface area contributed by atoms with Crippen molar-refractivity contribution in [1.82, 2.24) is 0 Å². The lowest BCUT2D eigenvalue weighted by Gasteiger charge is -2.37. The lowest BCUT2D eigenvalue weighted by Crippen LogP contribution is -2.31. The van der Waals surface area contributed by atoms with E-state index in [1.165, 1.54) is 54.6 Å². The zero-order valence-electron chi connectivity index (χ0n) is 27.4. The fourth-order valence-electron chi connectivity index (χ4n) is 6.51. The van der Waals surface area contributed by atoms with Gasteiger partial charge in [0.05, 0.1) is 11.1 Å². The van der Waals surface area contributed by atoms with Gasteiger partial charge in [-0.15, -0.1) is 0 Å². The van der Waals surface area contributed by atoms with Gasteiger partial charge in [0.25, 0.3) is 0 Å². The van der Waals surface area contributed by atoms with E-state index in [1.54, 1.807) is 36.4 Å². The Morgan fingerprint density at radius 2 is 1.45 bits per heavy atom. The summed E-state index contributed by atoms with van der Waals surface area (Å²) < 4.78 is 0. The monoisotopic (exact) mass is 664 g/mol. The molecule has 0 bridgehead atoms. The first-order valence-electron chi connectivity index (χ1n) is 16.0. The summed E-state index contributed by atoms with van der Waals surface area (Å²) in [5.74, 6) is -4.96. The quantitative estimate of drug-likeness (QED) is 0.0650. The Bertz CT molecular complexity index is 1990. The number of hydrogen-bond donors (Lipinski definition) is 8. The molecule has 0 heterocycles. The van der Waals surface area contributed by atoms with Crippen LogP contribution in [-0.2, 0) is 6.42 Å². The van der Waals surface area contributed by atoms with Crippen LogP contribution in [0.3, 0.4) is 0 Å². The first kappa shape index (κ1) is 34.5. The van der Waals surface area contributed by atoms with E-state index < -0.39 is 29.3 Å². The predicted octanol–water partition coefficient (Wildman–Crippen LogP) is 7.97. The smallest absolute Gasteiger partial charge is 0.171 e. The number of allylic oxidation sites excluding steroid dienone is 4. The van der Waals surface area contributed by atoms with Gasteiger partial charge in [-0.3, -0.25) is 4.79 Å². The van der Waals surface area contributed by atoms with Crippen LogP contribution in [0.1, 0.15) is 77.2 Å². The zero-order valence-corrected chi connectivity index (χ0v) is 27.4. The van der Waals surface area contributed by atoms with Crippen LogP contribution in [-0.4, -0.2) is 46.6 Å². The Hall–Kier alpha value is -5.83. The van der Waals surface area contributed by atoms with Gasteiger partial charge in [-0.1, -0.05) is 61.9 Å². The highest BCUT2D eigenvalue weighted by molar-refractivity contribution is 6.03. The van der Waals surface area contributed by atoms with Crippen LogP contribution in [0.5, 0.6) is 46.0 Å². The average Bonchev–Trinajstić information content (AvgIpc) is 3.02. The molecule has 0 saturated heterocycles. The Morgan fingerprint density at radius 1 is 0.776 bits per heavy atom. The van der Waals surface area contributed by atoms with E-state index in [2.05, 4.69) is 0 Å². The third-order valence-corrected chi connectivity index (χ3v) is 8.91. The molecule has 3 unspecified atom stereocenters. The zero-order chi connectivity index (χ0) is 35.6. The minimum atomic E-state index is -1.08. The van der Waals surface area contributed by atoms with E-state index in [4.69, 9.17) is 0 Å². The number of benzene rings is 4. The number of carbonyl (C=O) groups is 1. The van der Waals surface area contributed by atoms with Crippen molar-refractivity contribution < 1.29 is 45.6 Å². The van der Waals surface area contributed by atoms with Gasteiger partial charge in [-0.25, -0.2) is 0 Å². The molecule has 0 fully saturated rings. The van der Waals surface area contributed by atoms with E-state index >= 15 is 0 Å². The maximum atomic E-state index is 14.7. The predicted molar refractivity (Wildman–Crippen MR) is 187 cm³/mol. The molecule has 49 heavy (non-hydrogen) atoms. The van der Waals surface area contributed by atoms with Gasteiger partial charge in [-0.05, 0) is 73.2 Å². The molecule has 0 aliphatic heterocycles. The third kappa shape index (κ3) is 7.21. The highest BCUT2D eigenvalue weighted by Gasteiger charge is 2.43. The summed E-state index contributed by atoms with van der Waals surface area (Å²) in [7, 11) is 0. The molecule has 254 valence electrons. The van der Waals surface area contributed by atoms with Crippen LogP contribution in [0.2, 0.25) is 0 Å². The van der Waals surface area contributed by atoms with Crippen LogP contribution in [0.15, 0.2) is 84.5 Å². The molecular weight excluding hydrogens is 624 g/mol. The lowest BCUT2D eigenvalue weighted by molar-refractivity contribution is 0.0876. The molecule has 9 heteroatoms. The minimum absolute atomic E-state index is 0.0711. The number of aromatic hydroxyl groups is 8. The number of phenols is 8. The lowest BCUT2D eigenvalue weighted by atomic mass is 9.65. The molecule has 1 aliphatic carbocycles. The molecule has 4 aromatic carbocycles. The summed E-state index contributed by atoms with van der Waals surface area (Å²) in [6, 6.07) is 13.9. The second kappa shape index (κ2) is 14.1. The summed E-state index contributed by atoms with van der Waals surface area (Å²) in [6.45, 7) is 5.70. The molecule has 0 radical (unpaired) electrons. The molecular formula is C40H40O9. The number of Topliss-reactive ketones (excluding diaryl/α,β-unsaturated/α-hetero) is 1. The van der Waals surface area contributed by atoms with Gasteiger partial charge in [-0.2, -0.15) is 0 Å². The van der Waals surface area contributed by atoms with Gasteiger partial charge in [0.15, 0.2) is 5.78 Å². The molecule has 5 rings (SSSR count). The topological polar surface area (TPSA) is 179 Å². The molecule has 0 aromatic heterocycles. The molecule has 0 spiro atoms. The van der Waals surface area contributed by atoms with Crippen molar-refractivity contribution in [3.05, 3.63) is 118 Å². The van der Waals surface area contributed by atoms with Crippen LogP contribution < -0.4 is 0 Å². The first-order valence-corrected chi connectivity index (χ1v) is 16.0. The van der Waals surface area contributed by atoms with Gasteiger partial charge in [0.1, 0.15) is 46.0 Å². The summed E-state index contributed by atoms with van der Waals surface area (Å²) in [5.41, 5.74) is 2.11. The fraction of sp³-hybridized carbons (Fsp3) is 0.225. The maximum absolute atomic E-state index is 14.7. The molecule has 3 atom stereocenters. The number of carbonyl (C=O) groups excluding carboxylic acids is 1. The summed E-state index contributed by atoms with van der Waals surface area (Å²) in [5, 5.41) is 85.6. The second-order valence-corrected chi connectivity index (χ2v) is 12.8. The number of rotatable bonds is 9. The molecule has 1 aliphatic rings. The van der Waals surface area contributed by atoms with Crippen molar-refractivity contribution in [3.63, 3.8) is 0 Å². The Labute approximate surface area is 284 Å². The van der Waals surface area contributed by atoms with Crippen molar-refractivity contribution in [2.24, 2.45) is 11.8 Å². The van der Waals surface area contributed by atoms with Crippen molar-refractivity contribution in [1.29, 1.82) is 0 Å². The average molecular weight is 665 g/mol. The van der Waals surface area contributed by atoms with Gasteiger partial charge in [0.2, 0.25) is 0 Å². The summed E-state index contributed by atoms with van der Waals surface area (Å²) in [6.07, 6.45) is 8.92. The minimum Gasteiger partial charge on any atom is -0.508 e. The molecule has 0 amide bonds. The van der Waals surface area contributed by atoms with Crippen molar-refractivity contribution in [2.45, 2.75) is 45.4 Å². The van der Waals surface area contributed by atoms with Crippen molar-refractivity contribution in [3.8, 4) is 46.0 Å². The Kier molecular flexibility index (Phi) is 9.94. The van der Waals surface area contributed by atoms with Crippen LogP contribution in [0, 0.1) is 11.8 Å². The van der Waals surface area contributed by atoms with Crippen molar-refractivity contribution in [2.75, 3.05) is 0 Å². The molecule has 4 aromatic rings. The van der Waals surface area contributed by atoms with E-state index in [0.717, 1.165) is 5.57 Å². The highest BCUT2D eigenvalue weighted by Crippen LogP contribution is 2.53. The Morgan fingerprint density at radius 3 is 2.12 bits per heavy atom. The normalized spacial score (nSPS) is 18.0. The van der Waals surface area contributed by atoms with Crippen LogP contribution in [0.25, 0.3) is 12.2 Å². The van der Waals surface area contributed by atoms with Gasteiger partial charge >= 0.3 is 0 Å². The molecule has 8 N–H and O–H groups in total. The molecule has 0 saturated carbocycles. The van der Waals surface area contributed by atoms with Crippen LogP contribution >= 0.6 is 0 Å². The number of ketones is 1. The highest BCUT2D eigenvalue weighted by atomic mass is 16.3. The first-order chi connectivity index (χ1) is 23.3. The third-order valence-electron chi connectivity index (χ3n) is 8.91. The Balaban J connectivity index is 1.65. The van der Waals surface area contributed by atoms with E-state index in [-0.39, 0.29) is 69.3 Å². The van der Waals surface area contributed by atoms with E-state index in [9.17, 15) is 45.6 Å². The fourth-order valence-corrected chi connectivity index (χ4v) is 6.51. The SMILES string of the molecule is CC1=CC(c2c(O)ccc(C/C=C/c3ccc(O)cc3O)c2O)C(C(=O)c2ccc(O)c(/C=C/C(C)C)c2O)C(c2ccc(O)cc2O)C1. The van der Waals surface area contributed by atoms with Gasteiger partial charge in [0, 0.05) is 41.0 Å². The number of phenolic OH excluding ortho intramolecular Hbond substituents is 8. The molecule has 9 nitrogen and oxygen atoms in total. The van der Waals surface area contributed by atoms with Crippen molar-refractivity contribution >= 4 is 17.9 Å². The van der Waals surface area contributed by atoms with E-state index in [0.29, 0.717) is 23.1 Å². The van der Waals surface area contributed by atoms with E-state index in [1.807, 2.05) is 20.8 Å². The summed E-state index contributed by atoms with van der Waals surface area (Å²) >= 11 is 0. The second-order valence-electron chi connectivity index (χ2n) is 12.8. The maximum Gasteiger partial charge on any atom is 0.171 e. The van der Waals surface area contributed by atoms with Crippen LogP contribution in [0.4, 0.5) is 0 Å². The largest absolute Gasteiger partial charge is 0.508 e. The standard InChI is InChI=1S/C40H40O9/c1-21(2)7-12-28-32(43)16-14-29(39(28)48)40(49)36-30(27-13-11-26(42)20-35(27)46)17-22(3)18-31(36)37-33(44)15-9-24(38(37)47)6-4-5-23-8-10-25(41)19-34(23)45/h4-5,7-16,18-21,30-31,36,41-48H,6,17H2,1-3H3/b5-4+,12-7+. The number of hydrogen-bond acceptors (Lipinski definition) is 9. The van der Waals surface area contributed by atoms with Gasteiger partial charge < -0.3 is 40.9 Å². The summed E-state index contributed by atoms with van der Waals surface area (Å²) in [4.78, 5) is 14.7.